The first-order valence-electron chi connectivity index (χ1n) is 30.4. The lowest BCUT2D eigenvalue weighted by atomic mass is 9.85. The number of piperazine rings is 2. The topological polar surface area (TPSA) is 231 Å². The van der Waals surface area contributed by atoms with Crippen LogP contribution in [0, 0.1) is 42.2 Å². The van der Waals surface area contributed by atoms with Gasteiger partial charge in [0.1, 0.15) is 58.8 Å². The van der Waals surface area contributed by atoms with Gasteiger partial charge in [0.05, 0.1) is 51.6 Å². The van der Waals surface area contributed by atoms with Crippen molar-refractivity contribution in [2.45, 2.75) is 103 Å². The number of amides is 3. The van der Waals surface area contributed by atoms with Crippen LogP contribution in [0.2, 0.25) is 0 Å². The number of anilines is 2. The van der Waals surface area contributed by atoms with Crippen molar-refractivity contribution in [2.75, 3.05) is 88.4 Å². The number of aromatic nitrogens is 6. The van der Waals surface area contributed by atoms with E-state index in [1.165, 1.54) is 41.6 Å². The molecule has 3 amide bonds. The van der Waals surface area contributed by atoms with Crippen molar-refractivity contribution in [2.24, 2.45) is 11.3 Å². The highest BCUT2D eigenvalue weighted by Gasteiger charge is 2.45. The third kappa shape index (κ3) is 12.7. The van der Waals surface area contributed by atoms with Crippen LogP contribution in [0.1, 0.15) is 93.2 Å². The summed E-state index contributed by atoms with van der Waals surface area (Å²) in [5.74, 6) is 1.14. The number of pyridine rings is 1. The number of aliphatic hydroxyl groups excluding tert-OH is 1. The lowest BCUT2D eigenvalue weighted by Crippen LogP contribution is -2.58. The average molecular weight is 1220 g/mol. The Morgan fingerprint density at radius 1 is 0.875 bits per heavy atom. The monoisotopic (exact) mass is 1220 g/mol. The summed E-state index contributed by atoms with van der Waals surface area (Å²) in [4.78, 5) is 81.2. The molecule has 0 aliphatic carbocycles. The largest absolute Gasteiger partial charge is 0.508 e. The first-order valence-corrected chi connectivity index (χ1v) is 31.3. The number of carbonyl (C=O) groups is 3. The molecule has 5 aliphatic rings. The second kappa shape index (κ2) is 25.2. The predicted molar refractivity (Wildman–Crippen MR) is 333 cm³/mol. The Bertz CT molecular complexity index is 3780. The second-order valence-electron chi connectivity index (χ2n) is 25.2. The van der Waals surface area contributed by atoms with Gasteiger partial charge in [-0.3, -0.25) is 29.2 Å². The van der Waals surface area contributed by atoms with Gasteiger partial charge in [0.2, 0.25) is 11.8 Å². The molecule has 0 spiro atoms. The third-order valence-corrected chi connectivity index (χ3v) is 19.0. The average Bonchev–Trinajstić information content (AvgIpc) is 0.913. The number of halogens is 2. The molecule has 9 heterocycles. The maximum absolute atomic E-state index is 17.1. The Balaban J connectivity index is 0.619. The number of likely N-dealkylation sites (tertiary alicyclic amines) is 2. The lowest BCUT2D eigenvalue weighted by molar-refractivity contribution is -0.142. The third-order valence-electron chi connectivity index (χ3n) is 18.1. The van der Waals surface area contributed by atoms with Gasteiger partial charge >= 0.3 is 6.01 Å². The molecule has 5 N–H and O–H groups in total. The number of hydrogen-bond acceptors (Lipinski definition) is 18. The first-order chi connectivity index (χ1) is 42.3. The molecule has 6 atom stereocenters. The van der Waals surface area contributed by atoms with Gasteiger partial charge in [-0.05, 0) is 98.7 Å². The van der Waals surface area contributed by atoms with Crippen LogP contribution in [0.4, 0.5) is 20.4 Å². The number of nitrogens with zero attached hydrogens (tertiary/aromatic N) is 11. The Morgan fingerprint density at radius 2 is 1.62 bits per heavy atom. The molecule has 4 aromatic heterocycles. The maximum atomic E-state index is 17.1. The molecule has 3 aromatic carbocycles. The SMILES string of the molecule is C#Cc1c(F)ccc2cc(O)cc(-c3ncc4c(N5CC6CCC(C5)N6)nc(OCCN5CCC(CN6CCN(c7cnc(C(=O)N[C@H](C(=O)N8C[C@H](O)C[C@H]8C(=O)N[C@@H](C)c8ccc(-c9scnc9C)cc8)C(C)(C)C)cn7)CC6)CC5)nc4c3F)c12. The van der Waals surface area contributed by atoms with Gasteiger partial charge < -0.3 is 45.6 Å². The van der Waals surface area contributed by atoms with Gasteiger partial charge in [-0.2, -0.15) is 9.97 Å². The minimum atomic E-state index is -1.04. The van der Waals surface area contributed by atoms with Crippen molar-refractivity contribution in [3.05, 3.63) is 107 Å². The number of terminal acetylenes is 1. The molecule has 5 fully saturated rings. The number of aliphatic hydroxyl groups is 1. The molecular weight excluding hydrogens is 1140 g/mol. The molecular formula is C65H74F2N14O6S. The van der Waals surface area contributed by atoms with Crippen LogP contribution in [-0.4, -0.2) is 181 Å². The summed E-state index contributed by atoms with van der Waals surface area (Å²) in [6, 6.07) is 11.7. The van der Waals surface area contributed by atoms with Crippen LogP contribution in [0.15, 0.2) is 72.6 Å². The fourth-order valence-corrected chi connectivity index (χ4v) is 14.1. The summed E-state index contributed by atoms with van der Waals surface area (Å²) in [5.41, 5.74) is 3.96. The van der Waals surface area contributed by atoms with Crippen molar-refractivity contribution in [1.29, 1.82) is 0 Å². The summed E-state index contributed by atoms with van der Waals surface area (Å²) in [6.45, 7) is 17.5. The minimum Gasteiger partial charge on any atom is -0.508 e. The number of piperidine rings is 1. The molecule has 5 aliphatic heterocycles. The molecule has 2 unspecified atom stereocenters. The lowest BCUT2D eigenvalue weighted by Gasteiger charge is -2.39. The zero-order valence-corrected chi connectivity index (χ0v) is 51.0. The number of aromatic hydroxyl groups is 1. The Morgan fingerprint density at radius 3 is 2.31 bits per heavy atom. The van der Waals surface area contributed by atoms with E-state index in [0.29, 0.717) is 48.0 Å². The standard InChI is InChI=1S/C65H74F2N14O6S/c1-7-47-50(66)15-12-42-26-45(82)27-48(54(42)47)56-55(67)57-49(29-70-56)60(80-33-43-13-14-44(34-80)73-43)76-64(74-57)87-25-24-77-18-16-39(17-19-77)32-78-20-22-79(23-21-78)53-31-68-51(30-69-53)61(84)75-59(65(4,5)6)63(86)81-35-46(83)28-52(81)62(85)72-37(2)40-8-10-41(11-9-40)58-38(3)71-36-88-58/h1,8-12,15,26-27,29-31,36-37,39,43-44,46,52,59,73,82-83H,13-14,16-25,28,32-35H2,2-6H3,(H,72,85)(H,75,84)/t37-,43?,44?,46+,52-,59+/m0/s1. The Hall–Kier alpha value is -8.01. The number of ether oxygens (including phenoxy) is 1. The number of benzene rings is 3. The van der Waals surface area contributed by atoms with E-state index in [2.05, 4.69) is 66.4 Å². The zero-order chi connectivity index (χ0) is 61.5. The summed E-state index contributed by atoms with van der Waals surface area (Å²) in [7, 11) is 0. The van der Waals surface area contributed by atoms with E-state index in [1.54, 1.807) is 17.5 Å². The summed E-state index contributed by atoms with van der Waals surface area (Å²) in [5, 5.41) is 32.2. The molecule has 23 heteroatoms. The minimum absolute atomic E-state index is 0.00652. The van der Waals surface area contributed by atoms with Gasteiger partial charge in [0.25, 0.3) is 5.91 Å². The highest BCUT2D eigenvalue weighted by Crippen LogP contribution is 2.40. The number of thiazole rings is 1. The highest BCUT2D eigenvalue weighted by atomic mass is 32.1. The van der Waals surface area contributed by atoms with Gasteiger partial charge in [0.15, 0.2) is 5.82 Å². The smallest absolute Gasteiger partial charge is 0.319 e. The Labute approximate surface area is 514 Å². The number of phenols is 1. The number of phenolic OH excluding ortho intramolecular Hbond substituents is 1. The van der Waals surface area contributed by atoms with Crippen molar-refractivity contribution in [3.8, 4) is 45.8 Å². The van der Waals surface area contributed by atoms with Crippen LogP contribution in [0.25, 0.3) is 43.4 Å². The molecule has 0 radical (unpaired) electrons. The van der Waals surface area contributed by atoms with Crippen LogP contribution < -0.4 is 30.5 Å². The van der Waals surface area contributed by atoms with Crippen LogP contribution in [0.3, 0.4) is 0 Å². The number of nitrogens with one attached hydrogen (secondary N) is 3. The van der Waals surface area contributed by atoms with Gasteiger partial charge in [-0.15, -0.1) is 17.8 Å². The highest BCUT2D eigenvalue weighted by molar-refractivity contribution is 7.13. The van der Waals surface area contributed by atoms with Crippen molar-refractivity contribution in [3.63, 3.8) is 0 Å². The van der Waals surface area contributed by atoms with Crippen LogP contribution >= 0.6 is 11.3 Å². The molecule has 460 valence electrons. The number of hydrogen-bond donors (Lipinski definition) is 5. The number of carbonyl (C=O) groups excluding carboxylic acids is 3. The van der Waals surface area contributed by atoms with Crippen molar-refractivity contribution in [1.82, 2.24) is 60.6 Å². The van der Waals surface area contributed by atoms with E-state index in [4.69, 9.17) is 16.1 Å². The number of β-amino-alcohol motifs (C(OH)–C–C–N with tert-alkyl or cyclic N) is 1. The van der Waals surface area contributed by atoms with Gasteiger partial charge in [-0.25, -0.2) is 23.7 Å². The normalized spacial score (nSPS) is 21.0. The van der Waals surface area contributed by atoms with Crippen LogP contribution in [-0.2, 0) is 9.59 Å². The molecule has 88 heavy (non-hydrogen) atoms. The van der Waals surface area contributed by atoms with Crippen molar-refractivity contribution < 1.29 is 38.1 Å². The maximum Gasteiger partial charge on any atom is 0.319 e. The molecule has 2 bridgehead atoms. The van der Waals surface area contributed by atoms with Gasteiger partial charge in [-0.1, -0.05) is 57.0 Å². The van der Waals surface area contributed by atoms with E-state index >= 15 is 8.78 Å². The summed E-state index contributed by atoms with van der Waals surface area (Å²) >= 11 is 1.57. The second-order valence-corrected chi connectivity index (χ2v) is 26.0. The molecule has 20 nitrogen and oxygen atoms in total. The van der Waals surface area contributed by atoms with E-state index in [-0.39, 0.29) is 88.8 Å². The zero-order valence-electron chi connectivity index (χ0n) is 50.2. The van der Waals surface area contributed by atoms with Crippen molar-refractivity contribution >= 4 is 62.4 Å². The Kier molecular flexibility index (Phi) is 17.3. The number of rotatable bonds is 16. The van der Waals surface area contributed by atoms with E-state index in [9.17, 15) is 24.6 Å². The first kappa shape index (κ1) is 60.3. The quantitative estimate of drug-likeness (QED) is 0.0622. The van der Waals surface area contributed by atoms with Gasteiger partial charge in [0, 0.05) is 94.6 Å². The number of fused-ring (bicyclic) bond motifs is 4. The van der Waals surface area contributed by atoms with E-state index in [0.717, 1.165) is 93.2 Å². The molecule has 0 saturated carbocycles. The molecule has 7 aromatic rings. The summed E-state index contributed by atoms with van der Waals surface area (Å²) in [6.07, 6.45) is 13.6. The molecule has 5 saturated heterocycles. The fourth-order valence-electron chi connectivity index (χ4n) is 13.2. The fraction of sp³-hybridized carbons (Fsp3) is 0.462. The number of aryl methyl sites for hydroxylation is 1. The van der Waals surface area contributed by atoms with E-state index < -0.39 is 47.1 Å². The predicted octanol–water partition coefficient (Wildman–Crippen LogP) is 6.87. The molecule has 12 rings (SSSR count). The van der Waals surface area contributed by atoms with E-state index in [1.807, 2.05) is 64.4 Å². The van der Waals surface area contributed by atoms with Crippen LogP contribution in [0.5, 0.6) is 11.8 Å². The summed E-state index contributed by atoms with van der Waals surface area (Å²) < 4.78 is 38.4.